The Kier molecular flexibility index (Phi) is 3.96. The van der Waals surface area contributed by atoms with Crippen LogP contribution in [-0.2, 0) is 13.1 Å². The molecule has 0 bridgehead atoms. The number of nitrogens with zero attached hydrogens (tertiary/aromatic N) is 3. The molecule has 1 fully saturated rings. The van der Waals surface area contributed by atoms with Crippen LogP contribution in [0.2, 0.25) is 0 Å². The van der Waals surface area contributed by atoms with Crippen LogP contribution in [0.5, 0.6) is 0 Å². The van der Waals surface area contributed by atoms with Gasteiger partial charge in [-0.15, -0.1) is 11.3 Å². The third kappa shape index (κ3) is 3.43. The lowest BCUT2D eigenvalue weighted by atomic mass is 10.2. The second-order valence-corrected chi connectivity index (χ2v) is 6.09. The van der Waals surface area contributed by atoms with Gasteiger partial charge in [0.25, 0.3) is 0 Å². The molecule has 5 heteroatoms. The van der Waals surface area contributed by atoms with Crippen molar-refractivity contribution in [3.05, 3.63) is 39.9 Å². The average Bonchev–Trinajstić information content (AvgIpc) is 3.04. The van der Waals surface area contributed by atoms with Crippen LogP contribution >= 0.6 is 11.3 Å². The number of aryl methyl sites for hydroxylation is 1. The minimum absolute atomic E-state index is 0.895. The molecule has 0 radical (unpaired) electrons. The summed E-state index contributed by atoms with van der Waals surface area (Å²) in [6.07, 6.45) is 0. The number of hydrogen-bond donors (Lipinski definition) is 0. The Bertz CT molecular complexity index is 501. The van der Waals surface area contributed by atoms with Crippen LogP contribution in [0.15, 0.2) is 28.1 Å². The zero-order valence-corrected chi connectivity index (χ0v) is 12.0. The van der Waals surface area contributed by atoms with Crippen LogP contribution in [-0.4, -0.2) is 41.1 Å². The summed E-state index contributed by atoms with van der Waals surface area (Å²) in [4.78, 5) is 6.43. The van der Waals surface area contributed by atoms with Gasteiger partial charge in [0, 0.05) is 50.2 Å². The van der Waals surface area contributed by atoms with Crippen LogP contribution in [0.1, 0.15) is 16.3 Å². The first-order valence-electron chi connectivity index (χ1n) is 6.69. The quantitative estimate of drug-likeness (QED) is 0.859. The first-order chi connectivity index (χ1) is 9.29. The molecular weight excluding hydrogens is 258 g/mol. The number of piperazine rings is 1. The van der Waals surface area contributed by atoms with Gasteiger partial charge in [-0.3, -0.25) is 9.80 Å². The van der Waals surface area contributed by atoms with E-state index >= 15 is 0 Å². The fraction of sp³-hybridized carbons (Fsp3) is 0.500. The highest BCUT2D eigenvalue weighted by Gasteiger charge is 2.18. The minimum atomic E-state index is 0.895. The zero-order chi connectivity index (χ0) is 13.1. The molecule has 102 valence electrons. The molecule has 0 N–H and O–H groups in total. The van der Waals surface area contributed by atoms with Crippen molar-refractivity contribution < 1.29 is 4.52 Å². The van der Waals surface area contributed by atoms with Crippen LogP contribution in [0.4, 0.5) is 0 Å². The van der Waals surface area contributed by atoms with Crippen molar-refractivity contribution in [3.8, 4) is 0 Å². The van der Waals surface area contributed by atoms with Gasteiger partial charge < -0.3 is 4.52 Å². The maximum atomic E-state index is 5.11. The van der Waals surface area contributed by atoms with Crippen LogP contribution in [0.3, 0.4) is 0 Å². The molecule has 1 aliphatic heterocycles. The van der Waals surface area contributed by atoms with E-state index in [2.05, 4.69) is 32.5 Å². The predicted octanol–water partition coefficient (Wildman–Crippen LogP) is 2.36. The average molecular weight is 277 g/mol. The highest BCUT2D eigenvalue weighted by molar-refractivity contribution is 7.09. The van der Waals surface area contributed by atoms with Gasteiger partial charge in [0.2, 0.25) is 0 Å². The smallest absolute Gasteiger partial charge is 0.133 e. The summed E-state index contributed by atoms with van der Waals surface area (Å²) in [5.41, 5.74) is 1.05. The summed E-state index contributed by atoms with van der Waals surface area (Å²) in [6.45, 7) is 8.42. The van der Waals surface area contributed by atoms with Crippen molar-refractivity contribution in [1.29, 1.82) is 0 Å². The fourth-order valence-corrected chi connectivity index (χ4v) is 3.20. The maximum Gasteiger partial charge on any atom is 0.133 e. The van der Waals surface area contributed by atoms with Crippen molar-refractivity contribution >= 4 is 11.3 Å². The Morgan fingerprint density at radius 1 is 1.21 bits per heavy atom. The topological polar surface area (TPSA) is 32.5 Å². The molecule has 0 unspecified atom stereocenters. The van der Waals surface area contributed by atoms with E-state index in [1.54, 1.807) is 0 Å². The highest BCUT2D eigenvalue weighted by Crippen LogP contribution is 2.14. The SMILES string of the molecule is Cc1cc(CN2CCN(Cc3cccs3)CC2)no1. The molecular formula is C14H19N3OS. The summed E-state index contributed by atoms with van der Waals surface area (Å²) in [5.74, 6) is 0.895. The largest absolute Gasteiger partial charge is 0.361 e. The molecule has 3 heterocycles. The van der Waals surface area contributed by atoms with E-state index in [0.29, 0.717) is 0 Å². The number of hydrogen-bond acceptors (Lipinski definition) is 5. The van der Waals surface area contributed by atoms with Crippen molar-refractivity contribution in [2.75, 3.05) is 26.2 Å². The van der Waals surface area contributed by atoms with Gasteiger partial charge in [-0.1, -0.05) is 11.2 Å². The predicted molar refractivity (Wildman–Crippen MR) is 76.1 cm³/mol. The summed E-state index contributed by atoms with van der Waals surface area (Å²) in [5, 5.41) is 6.21. The Morgan fingerprint density at radius 2 is 1.95 bits per heavy atom. The van der Waals surface area contributed by atoms with E-state index in [-0.39, 0.29) is 0 Å². The summed E-state index contributed by atoms with van der Waals surface area (Å²) in [6, 6.07) is 6.37. The number of thiophene rings is 1. The lowest BCUT2D eigenvalue weighted by Gasteiger charge is -2.33. The molecule has 1 saturated heterocycles. The first kappa shape index (κ1) is 12.8. The summed E-state index contributed by atoms with van der Waals surface area (Å²) in [7, 11) is 0. The minimum Gasteiger partial charge on any atom is -0.361 e. The van der Waals surface area contributed by atoms with Gasteiger partial charge in [0.15, 0.2) is 0 Å². The Balaban J connectivity index is 1.46. The third-order valence-electron chi connectivity index (χ3n) is 3.49. The third-order valence-corrected chi connectivity index (χ3v) is 4.35. The highest BCUT2D eigenvalue weighted by atomic mass is 32.1. The van der Waals surface area contributed by atoms with E-state index in [4.69, 9.17) is 4.52 Å². The molecule has 2 aromatic rings. The van der Waals surface area contributed by atoms with Gasteiger partial charge >= 0.3 is 0 Å². The molecule has 0 aliphatic carbocycles. The Morgan fingerprint density at radius 3 is 2.53 bits per heavy atom. The molecule has 0 atom stereocenters. The number of aromatic nitrogens is 1. The van der Waals surface area contributed by atoms with E-state index in [0.717, 1.165) is 50.7 Å². The monoisotopic (exact) mass is 277 g/mol. The molecule has 0 spiro atoms. The second-order valence-electron chi connectivity index (χ2n) is 5.06. The van der Waals surface area contributed by atoms with Crippen LogP contribution in [0.25, 0.3) is 0 Å². The molecule has 2 aromatic heterocycles. The fourth-order valence-electron chi connectivity index (χ4n) is 2.45. The van der Waals surface area contributed by atoms with Crippen molar-refractivity contribution in [1.82, 2.24) is 15.0 Å². The van der Waals surface area contributed by atoms with Crippen molar-refractivity contribution in [2.24, 2.45) is 0 Å². The summed E-state index contributed by atoms with van der Waals surface area (Å²) < 4.78 is 5.11. The van der Waals surface area contributed by atoms with Gasteiger partial charge in [-0.05, 0) is 18.4 Å². The number of rotatable bonds is 4. The molecule has 19 heavy (non-hydrogen) atoms. The molecule has 0 aromatic carbocycles. The molecule has 0 amide bonds. The van der Waals surface area contributed by atoms with Crippen LogP contribution in [0, 0.1) is 6.92 Å². The maximum absolute atomic E-state index is 5.11. The zero-order valence-electron chi connectivity index (χ0n) is 11.2. The van der Waals surface area contributed by atoms with Crippen molar-refractivity contribution in [2.45, 2.75) is 20.0 Å². The van der Waals surface area contributed by atoms with E-state index in [1.165, 1.54) is 4.88 Å². The molecule has 0 saturated carbocycles. The van der Waals surface area contributed by atoms with E-state index in [9.17, 15) is 0 Å². The molecule has 4 nitrogen and oxygen atoms in total. The first-order valence-corrected chi connectivity index (χ1v) is 7.57. The van der Waals surface area contributed by atoms with Gasteiger partial charge in [0.1, 0.15) is 5.76 Å². The van der Waals surface area contributed by atoms with Crippen LogP contribution < -0.4 is 0 Å². The molecule has 3 rings (SSSR count). The van der Waals surface area contributed by atoms with Crippen molar-refractivity contribution in [3.63, 3.8) is 0 Å². The Labute approximate surface area is 117 Å². The van der Waals surface area contributed by atoms with Gasteiger partial charge in [-0.25, -0.2) is 0 Å². The molecule has 1 aliphatic rings. The van der Waals surface area contributed by atoms with Gasteiger partial charge in [0.05, 0.1) is 5.69 Å². The lowest BCUT2D eigenvalue weighted by Crippen LogP contribution is -2.45. The normalized spacial score (nSPS) is 17.9. The Hall–Kier alpha value is -1.17. The standard InChI is InChI=1S/C14H19N3OS/c1-12-9-13(15-18-12)10-16-4-6-17(7-5-16)11-14-3-2-8-19-14/h2-3,8-9H,4-7,10-11H2,1H3. The van der Waals surface area contributed by atoms with E-state index < -0.39 is 0 Å². The van der Waals surface area contributed by atoms with E-state index in [1.807, 2.05) is 24.3 Å². The summed E-state index contributed by atoms with van der Waals surface area (Å²) >= 11 is 1.85. The lowest BCUT2D eigenvalue weighted by molar-refractivity contribution is 0.121. The second kappa shape index (κ2) is 5.86. The van der Waals surface area contributed by atoms with Gasteiger partial charge in [-0.2, -0.15) is 0 Å².